The third-order valence-corrected chi connectivity index (χ3v) is 4.44. The molecule has 1 aromatic heterocycles. The Bertz CT molecular complexity index is 757. The van der Waals surface area contributed by atoms with E-state index in [1.54, 1.807) is 18.3 Å². The van der Waals surface area contributed by atoms with Crippen LogP contribution in [0.15, 0.2) is 58.6 Å². The number of ether oxygens (including phenoxy) is 1. The minimum atomic E-state index is -4.57. The van der Waals surface area contributed by atoms with Crippen molar-refractivity contribution in [2.45, 2.75) is 37.2 Å². The monoisotopic (exact) mass is 355 g/mol. The highest BCUT2D eigenvalue weighted by molar-refractivity contribution is 5.24. The summed E-state index contributed by atoms with van der Waals surface area (Å²) in [5.41, 5.74) is -1.79. The third-order valence-electron chi connectivity index (χ3n) is 4.44. The molecule has 2 aliphatic heterocycles. The van der Waals surface area contributed by atoms with Crippen molar-refractivity contribution in [2.24, 2.45) is 10.2 Å². The Morgan fingerprint density at radius 2 is 2.04 bits per heavy atom. The Kier molecular flexibility index (Phi) is 3.44. The summed E-state index contributed by atoms with van der Waals surface area (Å²) in [6.45, 7) is 0. The predicted molar refractivity (Wildman–Crippen MR) is 76.5 cm³/mol. The van der Waals surface area contributed by atoms with E-state index < -0.39 is 23.8 Å². The van der Waals surface area contributed by atoms with Crippen LogP contribution >= 0.6 is 0 Å². The van der Waals surface area contributed by atoms with Gasteiger partial charge in [-0.05, 0) is 31.4 Å². The van der Waals surface area contributed by atoms with E-state index in [1.807, 2.05) is 0 Å². The molecular weight excluding hydrogens is 342 g/mol. The zero-order valence-corrected chi connectivity index (χ0v) is 12.8. The summed E-state index contributed by atoms with van der Waals surface area (Å²) in [6.07, 6.45) is 0.0947. The van der Waals surface area contributed by atoms with E-state index >= 15 is 0 Å². The number of hydrogen-bond donors (Lipinski definition) is 0. The number of rotatable bonds is 3. The lowest BCUT2D eigenvalue weighted by Gasteiger charge is -2.45. The van der Waals surface area contributed by atoms with Gasteiger partial charge in [-0.15, -0.1) is 5.11 Å². The number of halogens is 4. The summed E-state index contributed by atoms with van der Waals surface area (Å²) in [5.74, 6) is -0.375. The van der Waals surface area contributed by atoms with Crippen LogP contribution in [0.2, 0.25) is 0 Å². The second kappa shape index (κ2) is 5.43. The van der Waals surface area contributed by atoms with Gasteiger partial charge < -0.3 is 4.74 Å². The first-order chi connectivity index (χ1) is 11.9. The fraction of sp³-hybridized carbons (Fsp3) is 0.400. The fourth-order valence-electron chi connectivity index (χ4n) is 2.89. The Morgan fingerprint density at radius 1 is 1.24 bits per heavy atom. The van der Waals surface area contributed by atoms with Crippen LogP contribution in [0.3, 0.4) is 0 Å². The maximum atomic E-state index is 14.8. The molecule has 3 heterocycles. The second-order valence-corrected chi connectivity index (χ2v) is 5.96. The summed E-state index contributed by atoms with van der Waals surface area (Å²) < 4.78 is 59.8. The summed E-state index contributed by atoms with van der Waals surface area (Å²) in [5, 5.41) is 8.87. The maximum Gasteiger partial charge on any atom is 0.428 e. The van der Waals surface area contributed by atoms with Crippen LogP contribution in [0.4, 0.5) is 17.7 Å². The molecule has 132 valence electrons. The van der Waals surface area contributed by atoms with Gasteiger partial charge in [0.15, 0.2) is 12.0 Å². The van der Waals surface area contributed by atoms with Crippen molar-refractivity contribution in [3.05, 3.63) is 53.9 Å². The largest absolute Gasteiger partial charge is 0.460 e. The molecule has 1 aliphatic carbocycles. The first kappa shape index (κ1) is 15.9. The van der Waals surface area contributed by atoms with Gasteiger partial charge in [-0.2, -0.15) is 18.3 Å². The van der Waals surface area contributed by atoms with Crippen molar-refractivity contribution in [1.29, 1.82) is 0 Å². The van der Waals surface area contributed by atoms with Crippen LogP contribution in [0, 0.1) is 0 Å². The average molecular weight is 355 g/mol. The zero-order valence-electron chi connectivity index (χ0n) is 12.8. The van der Waals surface area contributed by atoms with Gasteiger partial charge in [0.05, 0.1) is 0 Å². The van der Waals surface area contributed by atoms with Gasteiger partial charge in [0.2, 0.25) is 11.5 Å². The van der Waals surface area contributed by atoms with E-state index in [4.69, 9.17) is 4.74 Å². The van der Waals surface area contributed by atoms with Gasteiger partial charge in [-0.25, -0.2) is 5.01 Å². The summed E-state index contributed by atoms with van der Waals surface area (Å²) in [4.78, 5) is 3.94. The lowest BCUT2D eigenvalue weighted by molar-refractivity contribution is -0.313. The molecule has 25 heavy (non-hydrogen) atoms. The molecule has 0 N–H and O–H groups in total. The van der Waals surface area contributed by atoms with E-state index in [-0.39, 0.29) is 23.9 Å². The number of hydrogen-bond acceptors (Lipinski definition) is 6. The van der Waals surface area contributed by atoms with E-state index in [0.29, 0.717) is 12.0 Å². The van der Waals surface area contributed by atoms with Gasteiger partial charge >= 0.3 is 6.18 Å². The van der Waals surface area contributed by atoms with Crippen molar-refractivity contribution < 1.29 is 22.4 Å². The highest BCUT2D eigenvalue weighted by atomic mass is 19.4. The lowest BCUT2D eigenvalue weighted by Crippen LogP contribution is -2.54. The van der Waals surface area contributed by atoms with Gasteiger partial charge in [0.1, 0.15) is 0 Å². The third kappa shape index (κ3) is 2.43. The van der Waals surface area contributed by atoms with Crippen LogP contribution < -0.4 is 0 Å². The number of nitrogens with zero attached hydrogens (tertiary/aromatic N) is 5. The number of fused-ring (bicyclic) bond motifs is 1. The van der Waals surface area contributed by atoms with Gasteiger partial charge in [0.25, 0.3) is 0 Å². The van der Waals surface area contributed by atoms with Gasteiger partial charge in [-0.1, -0.05) is 15.8 Å². The molecule has 3 aliphatic rings. The second-order valence-electron chi connectivity index (χ2n) is 5.96. The first-order valence-corrected chi connectivity index (χ1v) is 7.65. The smallest absolute Gasteiger partial charge is 0.428 e. The van der Waals surface area contributed by atoms with Crippen molar-refractivity contribution in [3.8, 4) is 0 Å². The van der Waals surface area contributed by atoms with Crippen LogP contribution in [-0.2, 0) is 4.74 Å². The van der Waals surface area contributed by atoms with E-state index in [1.165, 1.54) is 12.3 Å². The summed E-state index contributed by atoms with van der Waals surface area (Å²) in [6, 6.07) is 3.33. The molecule has 1 aromatic rings. The Hall–Kier alpha value is -2.65. The van der Waals surface area contributed by atoms with Crippen LogP contribution in [-0.4, -0.2) is 27.0 Å². The van der Waals surface area contributed by atoms with Gasteiger partial charge in [-0.3, -0.25) is 4.98 Å². The van der Waals surface area contributed by atoms with Crippen molar-refractivity contribution in [3.63, 3.8) is 0 Å². The van der Waals surface area contributed by atoms with E-state index in [0.717, 1.165) is 11.1 Å². The number of alkyl halides is 3. The van der Waals surface area contributed by atoms with Crippen LogP contribution in [0.25, 0.3) is 0 Å². The quantitative estimate of drug-likeness (QED) is 0.604. The average Bonchev–Trinajstić information content (AvgIpc) is 2.97. The Morgan fingerprint density at radius 3 is 2.64 bits per heavy atom. The lowest BCUT2D eigenvalue weighted by atomic mass is 9.79. The van der Waals surface area contributed by atoms with Crippen LogP contribution in [0.1, 0.15) is 31.0 Å². The molecule has 0 amide bonds. The molecule has 0 radical (unpaired) electrons. The SMILES string of the molecule is FN1C(OC2(C(F)(F)F)CCC2)=CC=C2N=NC(c3cccnc3)N21. The molecule has 10 heteroatoms. The van der Waals surface area contributed by atoms with Crippen LogP contribution in [0.5, 0.6) is 0 Å². The molecule has 0 bridgehead atoms. The summed E-state index contributed by atoms with van der Waals surface area (Å²) in [7, 11) is 0. The van der Waals surface area contributed by atoms with Crippen molar-refractivity contribution in [1.82, 2.24) is 15.2 Å². The Balaban J connectivity index is 1.60. The molecule has 0 spiro atoms. The topological polar surface area (TPSA) is 53.3 Å². The number of hydrazine groups is 1. The highest BCUT2D eigenvalue weighted by Crippen LogP contribution is 2.50. The molecule has 1 atom stereocenters. The summed E-state index contributed by atoms with van der Waals surface area (Å²) >= 11 is 0. The normalized spacial score (nSPS) is 24.4. The molecule has 4 rings (SSSR count). The molecular formula is C15H13F4N5O. The molecule has 1 saturated carbocycles. The zero-order chi connectivity index (χ0) is 17.7. The molecule has 0 saturated heterocycles. The number of aromatic nitrogens is 1. The molecule has 0 aromatic carbocycles. The van der Waals surface area contributed by atoms with Crippen molar-refractivity contribution in [2.75, 3.05) is 0 Å². The predicted octanol–water partition coefficient (Wildman–Crippen LogP) is 4.15. The Labute approximate surface area is 140 Å². The first-order valence-electron chi connectivity index (χ1n) is 7.65. The molecule has 1 fully saturated rings. The van der Waals surface area contributed by atoms with E-state index in [9.17, 15) is 17.7 Å². The number of allylic oxidation sites excluding steroid dienone is 2. The highest BCUT2D eigenvalue weighted by Gasteiger charge is 2.62. The minimum Gasteiger partial charge on any atom is -0.460 e. The molecule has 6 nitrogen and oxygen atoms in total. The standard InChI is InChI=1S/C15H13F4N5O/c16-15(17,18)14(6-2-7-14)25-12-5-4-11-21-22-13(23(11)24(12)19)10-3-1-8-20-9-10/h1,3-5,8-9,13H,2,6-7H2. The number of azo groups is 1. The maximum absolute atomic E-state index is 14.8. The fourth-order valence-corrected chi connectivity index (χ4v) is 2.89. The van der Waals surface area contributed by atoms with E-state index in [2.05, 4.69) is 15.2 Å². The minimum absolute atomic E-state index is 0.0266. The number of pyridine rings is 1. The van der Waals surface area contributed by atoms with Gasteiger partial charge in [0, 0.05) is 24.0 Å². The molecule has 1 unspecified atom stereocenters. The van der Waals surface area contributed by atoms with Crippen molar-refractivity contribution >= 4 is 0 Å².